The fourth-order valence-electron chi connectivity index (χ4n) is 3.98. The zero-order valence-electron chi connectivity index (χ0n) is 17.6. The van der Waals surface area contributed by atoms with Crippen molar-refractivity contribution in [1.82, 2.24) is 14.5 Å². The van der Waals surface area contributed by atoms with Crippen molar-refractivity contribution >= 4 is 38.4 Å². The molecule has 8 heteroatoms. The number of carbonyl (C=O) groups excluding carboxylic acids is 1. The van der Waals surface area contributed by atoms with E-state index in [-0.39, 0.29) is 18.0 Å². The molecule has 0 aliphatic carbocycles. The van der Waals surface area contributed by atoms with Crippen LogP contribution in [0.5, 0.6) is 0 Å². The number of fused-ring (bicyclic) bond motifs is 1. The minimum Gasteiger partial charge on any atom is -0.348 e. The smallest absolute Gasteiger partial charge is 0.273 e. The van der Waals surface area contributed by atoms with Crippen molar-refractivity contribution in [3.05, 3.63) is 46.0 Å². The van der Waals surface area contributed by atoms with Crippen LogP contribution in [0.2, 0.25) is 0 Å². The summed E-state index contributed by atoms with van der Waals surface area (Å²) >= 11 is 1.37. The van der Waals surface area contributed by atoms with Gasteiger partial charge in [-0.25, -0.2) is 4.98 Å². The van der Waals surface area contributed by atoms with Crippen LogP contribution in [0.15, 0.2) is 29.3 Å². The summed E-state index contributed by atoms with van der Waals surface area (Å²) in [6.45, 7) is 8.09. The Hall–Kier alpha value is -2.74. The highest BCUT2D eigenvalue weighted by atomic mass is 32.1. The van der Waals surface area contributed by atoms with Crippen LogP contribution in [0.25, 0.3) is 10.3 Å². The van der Waals surface area contributed by atoms with Crippen molar-refractivity contribution < 1.29 is 4.79 Å². The highest BCUT2D eigenvalue weighted by molar-refractivity contribution is 7.22. The number of amides is 1. The van der Waals surface area contributed by atoms with E-state index in [1.807, 2.05) is 25.1 Å². The van der Waals surface area contributed by atoms with Gasteiger partial charge in [-0.05, 0) is 43.2 Å². The molecule has 3 aromatic rings. The number of anilines is 2. The average Bonchev–Trinajstić information content (AvgIpc) is 3.17. The topological polar surface area (TPSA) is 80.1 Å². The number of piperidine rings is 1. The summed E-state index contributed by atoms with van der Waals surface area (Å²) in [6, 6.07) is 5.95. The Morgan fingerprint density at radius 1 is 1.37 bits per heavy atom. The van der Waals surface area contributed by atoms with E-state index in [2.05, 4.69) is 34.0 Å². The van der Waals surface area contributed by atoms with Gasteiger partial charge in [0.15, 0.2) is 10.8 Å². The van der Waals surface area contributed by atoms with Crippen molar-refractivity contribution in [3.8, 4) is 0 Å². The van der Waals surface area contributed by atoms with E-state index in [0.717, 1.165) is 47.9 Å². The molecule has 1 N–H and O–H groups in total. The molecule has 0 radical (unpaired) electrons. The fraction of sp³-hybridized carbons (Fsp3) is 0.455. The van der Waals surface area contributed by atoms with Crippen molar-refractivity contribution in [2.24, 2.45) is 5.92 Å². The van der Waals surface area contributed by atoms with Gasteiger partial charge in [-0.15, -0.1) is 0 Å². The maximum absolute atomic E-state index is 13.0. The largest absolute Gasteiger partial charge is 0.348 e. The lowest BCUT2D eigenvalue weighted by Gasteiger charge is -2.30. The number of thiazole rings is 1. The second-order valence-corrected chi connectivity index (χ2v) is 9.01. The van der Waals surface area contributed by atoms with Gasteiger partial charge in [0.25, 0.3) is 5.56 Å². The first kappa shape index (κ1) is 20.5. The van der Waals surface area contributed by atoms with Gasteiger partial charge in [0.2, 0.25) is 5.91 Å². The van der Waals surface area contributed by atoms with E-state index in [0.29, 0.717) is 16.3 Å². The molecule has 158 valence electrons. The van der Waals surface area contributed by atoms with Crippen molar-refractivity contribution in [2.75, 3.05) is 23.3 Å². The number of hydrogen-bond donors (Lipinski definition) is 1. The number of aromatic nitrogens is 3. The summed E-state index contributed by atoms with van der Waals surface area (Å²) in [5.41, 5.74) is 3.15. The zero-order chi connectivity index (χ0) is 21.3. The molecule has 1 aliphatic heterocycles. The van der Waals surface area contributed by atoms with E-state index < -0.39 is 0 Å². The molecule has 4 rings (SSSR count). The lowest BCUT2D eigenvalue weighted by Crippen LogP contribution is -2.34. The van der Waals surface area contributed by atoms with Gasteiger partial charge < -0.3 is 10.2 Å². The van der Waals surface area contributed by atoms with Gasteiger partial charge in [0, 0.05) is 18.8 Å². The van der Waals surface area contributed by atoms with Crippen molar-refractivity contribution in [1.29, 1.82) is 0 Å². The standard InChI is InChI=1S/C22H27N5O2S/c1-4-16-9-5-8-15(3)18(16)24-17(28)12-27-13-23-20-19(21(27)29)30-22(25-20)26-10-6-7-14(2)11-26/h5,8-9,13-14H,4,6-7,10-12H2,1-3H3,(H,24,28)/t14-/m0/s1. The second kappa shape index (κ2) is 8.55. The molecule has 1 aliphatic rings. The summed E-state index contributed by atoms with van der Waals surface area (Å²) in [5, 5.41) is 3.81. The summed E-state index contributed by atoms with van der Waals surface area (Å²) in [4.78, 5) is 36.8. The molecular weight excluding hydrogens is 398 g/mol. The first-order valence-corrected chi connectivity index (χ1v) is 11.3. The lowest BCUT2D eigenvalue weighted by atomic mass is 10.0. The number of hydrogen-bond acceptors (Lipinski definition) is 6. The minimum atomic E-state index is -0.239. The number of aryl methyl sites for hydroxylation is 2. The first-order valence-electron chi connectivity index (χ1n) is 10.5. The number of rotatable bonds is 5. The Morgan fingerprint density at radius 3 is 2.97 bits per heavy atom. The summed E-state index contributed by atoms with van der Waals surface area (Å²) in [6.07, 6.45) is 4.60. The van der Waals surface area contributed by atoms with Gasteiger partial charge in [0.05, 0.1) is 0 Å². The third kappa shape index (κ3) is 4.09. The molecule has 3 heterocycles. The van der Waals surface area contributed by atoms with Crippen LogP contribution in [0.3, 0.4) is 0 Å². The van der Waals surface area contributed by atoms with Gasteiger partial charge in [-0.3, -0.25) is 14.2 Å². The van der Waals surface area contributed by atoms with Crippen LogP contribution in [-0.2, 0) is 17.8 Å². The van der Waals surface area contributed by atoms with Gasteiger partial charge >= 0.3 is 0 Å². The maximum Gasteiger partial charge on any atom is 0.273 e. The van der Waals surface area contributed by atoms with Crippen LogP contribution >= 0.6 is 11.3 Å². The number of nitrogens with one attached hydrogen (secondary N) is 1. The predicted molar refractivity (Wildman–Crippen MR) is 121 cm³/mol. The summed E-state index contributed by atoms with van der Waals surface area (Å²) in [7, 11) is 0. The molecule has 0 unspecified atom stereocenters. The number of para-hydroxylation sites is 1. The third-order valence-corrected chi connectivity index (χ3v) is 6.71. The molecule has 0 bridgehead atoms. The van der Waals surface area contributed by atoms with Gasteiger partial charge in [0.1, 0.15) is 17.6 Å². The van der Waals surface area contributed by atoms with Gasteiger partial charge in [-0.1, -0.05) is 43.4 Å². The predicted octanol–water partition coefficient (Wildman–Crippen LogP) is 3.60. The van der Waals surface area contributed by atoms with Crippen molar-refractivity contribution in [3.63, 3.8) is 0 Å². The van der Waals surface area contributed by atoms with Crippen LogP contribution < -0.4 is 15.8 Å². The van der Waals surface area contributed by atoms with Gasteiger partial charge in [-0.2, -0.15) is 4.98 Å². The van der Waals surface area contributed by atoms with E-state index in [1.54, 1.807) is 0 Å². The van der Waals surface area contributed by atoms with E-state index in [1.165, 1.54) is 28.7 Å². The maximum atomic E-state index is 13.0. The minimum absolute atomic E-state index is 0.0761. The molecular formula is C22H27N5O2S. The normalized spacial score (nSPS) is 16.8. The monoisotopic (exact) mass is 425 g/mol. The third-order valence-electron chi connectivity index (χ3n) is 5.62. The van der Waals surface area contributed by atoms with E-state index >= 15 is 0 Å². The number of benzene rings is 1. The fourth-order valence-corrected chi connectivity index (χ4v) is 4.99. The quantitative estimate of drug-likeness (QED) is 0.676. The highest BCUT2D eigenvalue weighted by Gasteiger charge is 2.21. The van der Waals surface area contributed by atoms with Crippen LogP contribution in [0.1, 0.15) is 37.8 Å². The highest BCUT2D eigenvalue weighted by Crippen LogP contribution is 2.29. The molecule has 0 saturated carbocycles. The molecule has 2 aromatic heterocycles. The Bertz CT molecular complexity index is 1140. The molecule has 7 nitrogen and oxygen atoms in total. The van der Waals surface area contributed by atoms with Crippen LogP contribution in [0, 0.1) is 12.8 Å². The first-order chi connectivity index (χ1) is 14.5. The number of carbonyl (C=O) groups is 1. The molecule has 0 spiro atoms. The SMILES string of the molecule is CCc1cccc(C)c1NC(=O)Cn1cnc2nc(N3CCC[C@H](C)C3)sc2c1=O. The van der Waals surface area contributed by atoms with E-state index in [4.69, 9.17) is 0 Å². The Morgan fingerprint density at radius 2 is 2.20 bits per heavy atom. The Kier molecular flexibility index (Phi) is 5.85. The lowest BCUT2D eigenvalue weighted by molar-refractivity contribution is -0.116. The number of nitrogens with zero attached hydrogens (tertiary/aromatic N) is 4. The van der Waals surface area contributed by atoms with Crippen LogP contribution in [0.4, 0.5) is 10.8 Å². The molecule has 1 fully saturated rings. The molecule has 1 amide bonds. The van der Waals surface area contributed by atoms with Crippen LogP contribution in [-0.4, -0.2) is 33.5 Å². The molecule has 1 atom stereocenters. The molecule has 30 heavy (non-hydrogen) atoms. The summed E-state index contributed by atoms with van der Waals surface area (Å²) < 4.78 is 1.87. The Balaban J connectivity index is 1.56. The summed E-state index contributed by atoms with van der Waals surface area (Å²) in [5.74, 6) is 0.380. The average molecular weight is 426 g/mol. The zero-order valence-corrected chi connectivity index (χ0v) is 18.5. The molecule has 1 saturated heterocycles. The van der Waals surface area contributed by atoms with Crippen molar-refractivity contribution in [2.45, 2.75) is 46.6 Å². The Labute approximate surface area is 179 Å². The molecule has 1 aromatic carbocycles. The van der Waals surface area contributed by atoms with E-state index in [9.17, 15) is 9.59 Å². The second-order valence-electron chi connectivity index (χ2n) is 8.03.